The van der Waals surface area contributed by atoms with Gasteiger partial charge in [-0.1, -0.05) is 57.5 Å². The number of nitrogens with two attached hydrogens (primary N) is 1. The number of anilines is 2. The molecule has 11 nitrogen and oxygen atoms in total. The van der Waals surface area contributed by atoms with Gasteiger partial charge in [-0.3, -0.25) is 9.59 Å². The molecule has 2 atom stereocenters. The van der Waals surface area contributed by atoms with Crippen LogP contribution in [0.2, 0.25) is 0 Å². The van der Waals surface area contributed by atoms with Gasteiger partial charge in [0, 0.05) is 44.1 Å². The van der Waals surface area contributed by atoms with E-state index in [2.05, 4.69) is 45.9 Å². The number of likely N-dealkylation sites (tertiary alicyclic amines) is 1. The van der Waals surface area contributed by atoms with Crippen LogP contribution in [0.3, 0.4) is 0 Å². The summed E-state index contributed by atoms with van der Waals surface area (Å²) < 4.78 is 8.14. The van der Waals surface area contributed by atoms with Gasteiger partial charge in [0.25, 0.3) is 0 Å². The van der Waals surface area contributed by atoms with E-state index in [0.29, 0.717) is 58.1 Å². The predicted octanol–water partition coefficient (Wildman–Crippen LogP) is 7.91. The minimum Gasteiger partial charge on any atom is -0.455 e. The maximum absolute atomic E-state index is 13.0. The normalized spacial score (nSPS) is 19.0. The van der Waals surface area contributed by atoms with E-state index in [1.54, 1.807) is 0 Å². The molecule has 1 unspecified atom stereocenters. The number of nitrogen functional groups attached to an aromatic ring is 1. The zero-order valence-corrected chi connectivity index (χ0v) is 31.0. The fourth-order valence-electron chi connectivity index (χ4n) is 7.84. The number of fused-ring (bicyclic) bond motifs is 1. The molecule has 0 radical (unpaired) electrons. The number of carbonyl (C=O) groups excluding carboxylic acids is 2. The Bertz CT molecular complexity index is 1870. The molecule has 2 amide bonds. The predicted molar refractivity (Wildman–Crippen MR) is 207 cm³/mol. The lowest BCUT2D eigenvalue weighted by molar-refractivity contribution is -0.125. The second-order valence-electron chi connectivity index (χ2n) is 14.7. The molecule has 1 saturated heterocycles. The van der Waals surface area contributed by atoms with E-state index in [9.17, 15) is 9.59 Å². The van der Waals surface area contributed by atoms with E-state index in [1.165, 1.54) is 24.7 Å². The summed E-state index contributed by atoms with van der Waals surface area (Å²) in [4.78, 5) is 36.9. The molecule has 1 aliphatic heterocycles. The second kappa shape index (κ2) is 16.7. The molecule has 2 aromatic carbocycles. The Labute approximate surface area is 307 Å². The maximum Gasteiger partial charge on any atom is 0.224 e. The molecule has 2 fully saturated rings. The van der Waals surface area contributed by atoms with Gasteiger partial charge in [-0.2, -0.15) is 5.10 Å². The highest BCUT2D eigenvalue weighted by molar-refractivity contribution is 6.00. The van der Waals surface area contributed by atoms with Gasteiger partial charge in [-0.05, 0) is 87.1 Å². The van der Waals surface area contributed by atoms with Crippen molar-refractivity contribution in [3.8, 4) is 22.8 Å². The van der Waals surface area contributed by atoms with E-state index >= 15 is 0 Å². The number of amides is 2. The molecule has 2 aliphatic rings. The number of nitrogens with one attached hydrogen (secondary N) is 2. The monoisotopic (exact) mass is 706 g/mol. The van der Waals surface area contributed by atoms with Gasteiger partial charge >= 0.3 is 0 Å². The zero-order chi connectivity index (χ0) is 36.7. The quantitative estimate of drug-likeness (QED) is 0.112. The average Bonchev–Trinajstić information content (AvgIpc) is 3.56. The molecule has 276 valence electrons. The minimum absolute atomic E-state index is 0.00709. The van der Waals surface area contributed by atoms with Crippen LogP contribution < -0.4 is 21.1 Å². The van der Waals surface area contributed by atoms with E-state index in [-0.39, 0.29) is 23.8 Å². The molecule has 1 aliphatic carbocycles. The lowest BCUT2D eigenvalue weighted by atomic mass is 9.67. The van der Waals surface area contributed by atoms with Crippen LogP contribution in [0.25, 0.3) is 22.3 Å². The van der Waals surface area contributed by atoms with Crippen LogP contribution in [0.1, 0.15) is 91.0 Å². The first-order chi connectivity index (χ1) is 25.2. The Morgan fingerprint density at radius 3 is 2.63 bits per heavy atom. The smallest absolute Gasteiger partial charge is 0.224 e. The van der Waals surface area contributed by atoms with E-state index in [4.69, 9.17) is 15.6 Å². The van der Waals surface area contributed by atoms with E-state index in [1.807, 2.05) is 60.1 Å². The van der Waals surface area contributed by atoms with Crippen molar-refractivity contribution in [2.45, 2.75) is 91.0 Å². The molecular formula is C41H54N8O3. The van der Waals surface area contributed by atoms with Crippen molar-refractivity contribution in [3.05, 3.63) is 67.0 Å². The number of para-hydroxylation sites is 1. The summed E-state index contributed by atoms with van der Waals surface area (Å²) in [5.74, 6) is 1.58. The number of nitrogens with zero attached hydrogens (tertiary/aromatic N) is 5. The van der Waals surface area contributed by atoms with Crippen LogP contribution in [0, 0.1) is 11.3 Å². The summed E-state index contributed by atoms with van der Waals surface area (Å²) in [6.07, 6.45) is 11.5. The first-order valence-electron chi connectivity index (χ1n) is 19.0. The molecule has 2 aromatic heterocycles. The van der Waals surface area contributed by atoms with Crippen LogP contribution >= 0.6 is 0 Å². The summed E-state index contributed by atoms with van der Waals surface area (Å²) in [6, 6.07) is 15.2. The number of piperidine rings is 1. The first kappa shape index (κ1) is 37.0. The third-order valence-corrected chi connectivity index (χ3v) is 11.1. The van der Waals surface area contributed by atoms with Crippen LogP contribution in [-0.4, -0.2) is 62.6 Å². The van der Waals surface area contributed by atoms with Crippen molar-refractivity contribution in [2.24, 2.45) is 11.3 Å². The van der Waals surface area contributed by atoms with Crippen molar-refractivity contribution in [3.63, 3.8) is 0 Å². The largest absolute Gasteiger partial charge is 0.455 e. The number of carbonyl (C=O) groups is 2. The average molecular weight is 707 g/mol. The van der Waals surface area contributed by atoms with Crippen molar-refractivity contribution in [1.29, 1.82) is 0 Å². The van der Waals surface area contributed by atoms with Gasteiger partial charge in [-0.25, -0.2) is 14.6 Å². The van der Waals surface area contributed by atoms with Crippen LogP contribution in [-0.2, 0) is 9.59 Å². The fraction of sp³-hybridized carbons (Fsp3) is 0.488. The van der Waals surface area contributed by atoms with Crippen molar-refractivity contribution in [2.75, 3.05) is 37.2 Å². The summed E-state index contributed by atoms with van der Waals surface area (Å²) in [5.41, 5.74) is 10.8. The number of hydrogen-bond donors (Lipinski definition) is 3. The number of aromatic nitrogens is 4. The molecule has 4 N–H and O–H groups in total. The molecule has 1 saturated carbocycles. The Hall–Kier alpha value is -4.77. The standard InChI is InChI=1S/C41H54N8O3/c1-5-35(50)46-33-25-30(14-15-34(33)52-32-12-8-7-9-13-32)37-36-38(42)44-27-45-39(36)49(47-37)31-17-22-48(23-18-31)24-21-43-40(51)29(4)16-20-41(6-2)19-10-11-28(3)26-41/h7-9,12-15,25,27,29,31H,3,5-6,10-11,16-24,26H2,1-2,4H3,(H,43,51)(H,46,50)(H2,42,44,45)/t29-,41?/m0/s1. The van der Waals surface area contributed by atoms with Gasteiger partial charge in [-0.15, -0.1) is 0 Å². The Morgan fingerprint density at radius 2 is 1.90 bits per heavy atom. The number of allylic oxidation sites excluding steroid dienone is 1. The maximum atomic E-state index is 13.0. The van der Waals surface area contributed by atoms with E-state index in [0.717, 1.165) is 70.1 Å². The molecule has 4 aromatic rings. The Kier molecular flexibility index (Phi) is 11.9. The molecule has 0 bridgehead atoms. The van der Waals surface area contributed by atoms with Gasteiger partial charge < -0.3 is 26.0 Å². The summed E-state index contributed by atoms with van der Waals surface area (Å²) in [7, 11) is 0. The van der Waals surface area contributed by atoms with Crippen molar-refractivity contribution >= 4 is 34.4 Å². The second-order valence-corrected chi connectivity index (χ2v) is 14.7. The lowest BCUT2D eigenvalue weighted by Crippen LogP contribution is -2.41. The molecule has 11 heteroatoms. The Balaban J connectivity index is 1.09. The van der Waals surface area contributed by atoms with Crippen LogP contribution in [0.4, 0.5) is 11.5 Å². The third kappa shape index (κ3) is 8.63. The van der Waals surface area contributed by atoms with E-state index < -0.39 is 0 Å². The van der Waals surface area contributed by atoms with Crippen molar-refractivity contribution in [1.82, 2.24) is 30.0 Å². The molecule has 6 rings (SSSR count). The highest BCUT2D eigenvalue weighted by Crippen LogP contribution is 2.45. The molecular weight excluding hydrogens is 653 g/mol. The third-order valence-electron chi connectivity index (χ3n) is 11.1. The topological polar surface area (TPSA) is 140 Å². The molecule has 52 heavy (non-hydrogen) atoms. The number of benzene rings is 2. The van der Waals surface area contributed by atoms with Crippen LogP contribution in [0.5, 0.6) is 11.5 Å². The number of ether oxygens (including phenoxy) is 1. The Morgan fingerprint density at radius 1 is 1.12 bits per heavy atom. The first-order valence-corrected chi connectivity index (χ1v) is 19.0. The fourth-order valence-corrected chi connectivity index (χ4v) is 7.84. The highest BCUT2D eigenvalue weighted by atomic mass is 16.5. The number of rotatable bonds is 14. The SMILES string of the molecule is C=C1CCCC(CC)(CC[C@H](C)C(=O)NCCN2CCC(n3nc(-c4ccc(Oc5ccccc5)c(NC(=O)CC)c4)c4c(N)ncnc43)CC2)C1. The zero-order valence-electron chi connectivity index (χ0n) is 31.0. The molecule has 0 spiro atoms. The number of hydrogen-bond acceptors (Lipinski definition) is 8. The van der Waals surface area contributed by atoms with Crippen molar-refractivity contribution < 1.29 is 14.3 Å². The van der Waals surface area contributed by atoms with Gasteiger partial charge in [0.05, 0.1) is 17.1 Å². The van der Waals surface area contributed by atoms with Gasteiger partial charge in [0.1, 0.15) is 23.6 Å². The lowest BCUT2D eigenvalue weighted by Gasteiger charge is -2.38. The van der Waals surface area contributed by atoms with Crippen LogP contribution in [0.15, 0.2) is 67.0 Å². The summed E-state index contributed by atoms with van der Waals surface area (Å²) >= 11 is 0. The summed E-state index contributed by atoms with van der Waals surface area (Å²) in [6.45, 7) is 13.7. The summed E-state index contributed by atoms with van der Waals surface area (Å²) in [5, 5.41) is 12.0. The van der Waals surface area contributed by atoms with Gasteiger partial charge in [0.2, 0.25) is 11.8 Å². The molecule has 3 heterocycles. The minimum atomic E-state index is -0.124. The highest BCUT2D eigenvalue weighted by Gasteiger charge is 2.32. The van der Waals surface area contributed by atoms with Gasteiger partial charge in [0.15, 0.2) is 11.4 Å².